The van der Waals surface area contributed by atoms with Crippen LogP contribution in [0.5, 0.6) is 5.75 Å². The van der Waals surface area contributed by atoms with Crippen molar-refractivity contribution in [1.29, 1.82) is 0 Å². The van der Waals surface area contributed by atoms with Gasteiger partial charge in [-0.15, -0.1) is 0 Å². The SMILES string of the molecule is Fc1cccc(F)c1OC(Cc1ccccc1)C1CNCCO1. The van der Waals surface area contributed by atoms with Gasteiger partial charge in [-0.05, 0) is 17.7 Å². The van der Waals surface area contributed by atoms with Crippen LogP contribution in [-0.4, -0.2) is 31.9 Å². The van der Waals surface area contributed by atoms with Gasteiger partial charge in [0.2, 0.25) is 0 Å². The highest BCUT2D eigenvalue weighted by Crippen LogP contribution is 2.25. The molecule has 1 saturated heterocycles. The first-order chi connectivity index (χ1) is 11.2. The number of morpholine rings is 1. The van der Waals surface area contributed by atoms with Crippen LogP contribution in [-0.2, 0) is 11.2 Å². The predicted octanol–water partition coefficient (Wildman–Crippen LogP) is 2.94. The summed E-state index contributed by atoms with van der Waals surface area (Å²) in [5.41, 5.74) is 1.03. The topological polar surface area (TPSA) is 30.5 Å². The molecule has 2 aromatic carbocycles. The van der Waals surface area contributed by atoms with Crippen LogP contribution in [0.1, 0.15) is 5.56 Å². The van der Waals surface area contributed by atoms with Crippen molar-refractivity contribution >= 4 is 0 Å². The van der Waals surface area contributed by atoms with E-state index in [0.29, 0.717) is 19.6 Å². The Morgan fingerprint density at radius 3 is 2.48 bits per heavy atom. The van der Waals surface area contributed by atoms with Crippen molar-refractivity contribution in [2.75, 3.05) is 19.7 Å². The fraction of sp³-hybridized carbons (Fsp3) is 0.333. The van der Waals surface area contributed by atoms with E-state index in [-0.39, 0.29) is 11.9 Å². The van der Waals surface area contributed by atoms with E-state index in [2.05, 4.69) is 5.32 Å². The number of halogens is 2. The number of hydrogen-bond donors (Lipinski definition) is 1. The monoisotopic (exact) mass is 319 g/mol. The molecule has 1 aliphatic rings. The molecular weight excluding hydrogens is 300 g/mol. The summed E-state index contributed by atoms with van der Waals surface area (Å²) in [6, 6.07) is 13.4. The number of benzene rings is 2. The lowest BCUT2D eigenvalue weighted by Crippen LogP contribution is -2.48. The minimum Gasteiger partial charge on any atom is -0.481 e. The number of hydrogen-bond acceptors (Lipinski definition) is 3. The van der Waals surface area contributed by atoms with Crippen LogP contribution in [0.25, 0.3) is 0 Å². The normalized spacial score (nSPS) is 19.3. The predicted molar refractivity (Wildman–Crippen MR) is 83.5 cm³/mol. The summed E-state index contributed by atoms with van der Waals surface area (Å²) in [7, 11) is 0. The quantitative estimate of drug-likeness (QED) is 0.919. The molecule has 1 N–H and O–H groups in total. The maximum atomic E-state index is 13.9. The Morgan fingerprint density at radius 2 is 1.83 bits per heavy atom. The summed E-state index contributed by atoms with van der Waals surface area (Å²) in [5.74, 6) is -1.75. The van der Waals surface area contributed by atoms with E-state index in [0.717, 1.165) is 12.1 Å². The molecule has 0 aliphatic carbocycles. The molecule has 5 heteroatoms. The van der Waals surface area contributed by atoms with Gasteiger partial charge in [0.15, 0.2) is 17.4 Å². The molecule has 2 atom stereocenters. The third kappa shape index (κ3) is 4.06. The van der Waals surface area contributed by atoms with Gasteiger partial charge in [0.25, 0.3) is 0 Å². The first kappa shape index (κ1) is 15.9. The molecule has 2 aromatic rings. The summed E-state index contributed by atoms with van der Waals surface area (Å²) in [6.07, 6.45) is -0.222. The van der Waals surface area contributed by atoms with Crippen molar-refractivity contribution in [3.63, 3.8) is 0 Å². The van der Waals surface area contributed by atoms with Crippen molar-refractivity contribution in [3.8, 4) is 5.75 Å². The summed E-state index contributed by atoms with van der Waals surface area (Å²) in [5, 5.41) is 3.22. The second-order valence-electron chi connectivity index (χ2n) is 5.51. The summed E-state index contributed by atoms with van der Waals surface area (Å²) >= 11 is 0. The van der Waals surface area contributed by atoms with E-state index in [1.807, 2.05) is 30.3 Å². The molecule has 0 spiro atoms. The maximum absolute atomic E-state index is 13.9. The van der Waals surface area contributed by atoms with Crippen molar-refractivity contribution in [2.24, 2.45) is 0 Å². The van der Waals surface area contributed by atoms with Crippen LogP contribution in [0.2, 0.25) is 0 Å². The summed E-state index contributed by atoms with van der Waals surface area (Å²) in [6.45, 7) is 1.91. The second-order valence-corrected chi connectivity index (χ2v) is 5.51. The van der Waals surface area contributed by atoms with E-state index < -0.39 is 17.7 Å². The van der Waals surface area contributed by atoms with E-state index in [1.165, 1.54) is 18.2 Å². The zero-order valence-corrected chi connectivity index (χ0v) is 12.7. The minimum absolute atomic E-state index is 0.261. The van der Waals surface area contributed by atoms with Crippen molar-refractivity contribution in [2.45, 2.75) is 18.6 Å². The van der Waals surface area contributed by atoms with Gasteiger partial charge in [-0.25, -0.2) is 8.78 Å². The standard InChI is InChI=1S/C18H19F2NO2/c19-14-7-4-8-15(20)18(14)23-16(17-12-21-9-10-22-17)11-13-5-2-1-3-6-13/h1-8,16-17,21H,9-12H2. The largest absolute Gasteiger partial charge is 0.481 e. The van der Waals surface area contributed by atoms with Gasteiger partial charge in [-0.1, -0.05) is 36.4 Å². The Morgan fingerprint density at radius 1 is 1.09 bits per heavy atom. The molecule has 2 unspecified atom stereocenters. The number of ether oxygens (including phenoxy) is 2. The van der Waals surface area contributed by atoms with Crippen LogP contribution >= 0.6 is 0 Å². The third-order valence-corrected chi connectivity index (χ3v) is 3.84. The molecule has 1 fully saturated rings. The Kier molecular flexibility index (Phi) is 5.20. The van der Waals surface area contributed by atoms with E-state index in [4.69, 9.17) is 9.47 Å². The van der Waals surface area contributed by atoms with E-state index in [9.17, 15) is 8.78 Å². The van der Waals surface area contributed by atoms with Gasteiger partial charge in [0, 0.05) is 19.5 Å². The van der Waals surface area contributed by atoms with Crippen LogP contribution in [0.15, 0.2) is 48.5 Å². The van der Waals surface area contributed by atoms with Crippen LogP contribution in [0.3, 0.4) is 0 Å². The molecule has 0 saturated carbocycles. The van der Waals surface area contributed by atoms with Gasteiger partial charge < -0.3 is 14.8 Å². The molecule has 0 amide bonds. The highest BCUT2D eigenvalue weighted by atomic mass is 19.1. The molecule has 122 valence electrons. The average Bonchev–Trinajstić information content (AvgIpc) is 2.59. The minimum atomic E-state index is -0.702. The highest BCUT2D eigenvalue weighted by Gasteiger charge is 2.28. The molecule has 23 heavy (non-hydrogen) atoms. The van der Waals surface area contributed by atoms with Crippen LogP contribution in [0, 0.1) is 11.6 Å². The third-order valence-electron chi connectivity index (χ3n) is 3.84. The zero-order valence-electron chi connectivity index (χ0n) is 12.7. The van der Waals surface area contributed by atoms with Crippen LogP contribution < -0.4 is 10.1 Å². The number of rotatable bonds is 5. The van der Waals surface area contributed by atoms with Crippen LogP contribution in [0.4, 0.5) is 8.78 Å². The molecular formula is C18H19F2NO2. The van der Waals surface area contributed by atoms with E-state index >= 15 is 0 Å². The lowest BCUT2D eigenvalue weighted by Gasteiger charge is -2.31. The summed E-state index contributed by atoms with van der Waals surface area (Å²) in [4.78, 5) is 0. The number of nitrogens with one attached hydrogen (secondary N) is 1. The molecule has 0 bridgehead atoms. The van der Waals surface area contributed by atoms with Gasteiger partial charge in [0.05, 0.1) is 6.61 Å². The second kappa shape index (κ2) is 7.53. The molecule has 3 rings (SSSR count). The molecule has 3 nitrogen and oxygen atoms in total. The highest BCUT2D eigenvalue weighted by molar-refractivity contribution is 5.27. The Labute approximate surface area is 134 Å². The smallest absolute Gasteiger partial charge is 0.191 e. The van der Waals surface area contributed by atoms with Crippen molar-refractivity contribution in [1.82, 2.24) is 5.32 Å². The van der Waals surface area contributed by atoms with Gasteiger partial charge in [-0.2, -0.15) is 0 Å². The number of para-hydroxylation sites is 1. The fourth-order valence-electron chi connectivity index (χ4n) is 2.67. The molecule has 0 aromatic heterocycles. The molecule has 1 aliphatic heterocycles. The lowest BCUT2D eigenvalue weighted by molar-refractivity contribution is -0.0434. The van der Waals surface area contributed by atoms with Gasteiger partial charge >= 0.3 is 0 Å². The van der Waals surface area contributed by atoms with Crippen molar-refractivity contribution < 1.29 is 18.3 Å². The first-order valence-electron chi connectivity index (χ1n) is 7.71. The zero-order chi connectivity index (χ0) is 16.1. The lowest BCUT2D eigenvalue weighted by atomic mass is 10.0. The fourth-order valence-corrected chi connectivity index (χ4v) is 2.67. The first-order valence-corrected chi connectivity index (χ1v) is 7.71. The van der Waals surface area contributed by atoms with Gasteiger partial charge in [0.1, 0.15) is 12.2 Å². The Hall–Kier alpha value is -1.98. The Bertz CT molecular complexity index is 610. The Balaban J connectivity index is 1.82. The summed E-state index contributed by atoms with van der Waals surface area (Å²) < 4.78 is 39.2. The molecule has 0 radical (unpaired) electrons. The molecule has 1 heterocycles. The average molecular weight is 319 g/mol. The van der Waals surface area contributed by atoms with Gasteiger partial charge in [-0.3, -0.25) is 0 Å². The van der Waals surface area contributed by atoms with E-state index in [1.54, 1.807) is 0 Å². The maximum Gasteiger partial charge on any atom is 0.191 e. The van der Waals surface area contributed by atoms with Crippen molar-refractivity contribution in [3.05, 3.63) is 65.7 Å².